The maximum absolute atomic E-state index is 11.0. The van der Waals surface area contributed by atoms with E-state index < -0.39 is 12.2 Å². The van der Waals surface area contributed by atoms with Gasteiger partial charge in [-0.05, 0) is 24.1 Å². The van der Waals surface area contributed by atoms with E-state index in [1.54, 1.807) is 0 Å². The Bertz CT molecular complexity index is 421. The van der Waals surface area contributed by atoms with Gasteiger partial charge in [-0.1, -0.05) is 23.7 Å². The molecule has 4 nitrogen and oxygen atoms in total. The number of hydrogen-bond acceptors (Lipinski definition) is 4. The molecule has 0 bridgehead atoms. The number of carbonyl (C=O) groups excluding carboxylic acids is 1. The van der Waals surface area contributed by atoms with Crippen molar-refractivity contribution in [3.05, 3.63) is 34.9 Å². The molecule has 1 aliphatic rings. The molecule has 5 heteroatoms. The molecule has 0 saturated carbocycles. The van der Waals surface area contributed by atoms with E-state index in [1.807, 2.05) is 24.3 Å². The van der Waals surface area contributed by atoms with Gasteiger partial charge in [0.05, 0.1) is 6.04 Å². The van der Waals surface area contributed by atoms with Crippen LogP contribution in [0, 0.1) is 0 Å². The molecular formula is C13H16ClNO3. The zero-order valence-corrected chi connectivity index (χ0v) is 10.9. The van der Waals surface area contributed by atoms with E-state index in [2.05, 4.69) is 5.32 Å². The number of esters is 1. The highest BCUT2D eigenvalue weighted by atomic mass is 35.5. The average Bonchev–Trinajstić information content (AvgIpc) is 2.64. The van der Waals surface area contributed by atoms with Crippen LogP contribution >= 0.6 is 11.6 Å². The van der Waals surface area contributed by atoms with Gasteiger partial charge in [0.25, 0.3) is 0 Å². The Hall–Kier alpha value is -1.10. The fraction of sp³-hybridized carbons (Fsp3) is 0.462. The second kappa shape index (κ2) is 5.69. The van der Waals surface area contributed by atoms with E-state index in [4.69, 9.17) is 16.3 Å². The smallest absolute Gasteiger partial charge is 0.303 e. The van der Waals surface area contributed by atoms with Crippen LogP contribution < -0.4 is 5.32 Å². The summed E-state index contributed by atoms with van der Waals surface area (Å²) in [6, 6.07) is 7.44. The summed E-state index contributed by atoms with van der Waals surface area (Å²) < 4.78 is 5.15. The summed E-state index contributed by atoms with van der Waals surface area (Å²) in [4.78, 5) is 11.0. The van der Waals surface area contributed by atoms with Crippen molar-refractivity contribution in [2.75, 3.05) is 6.54 Å². The molecule has 18 heavy (non-hydrogen) atoms. The Morgan fingerprint density at radius 3 is 2.78 bits per heavy atom. The molecule has 0 aromatic heterocycles. The molecule has 98 valence electrons. The maximum Gasteiger partial charge on any atom is 0.303 e. The molecule has 2 rings (SSSR count). The van der Waals surface area contributed by atoms with Gasteiger partial charge in [0.2, 0.25) is 0 Å². The lowest BCUT2D eigenvalue weighted by Gasteiger charge is -2.21. The quantitative estimate of drug-likeness (QED) is 0.808. The van der Waals surface area contributed by atoms with Crippen LogP contribution in [0.4, 0.5) is 0 Å². The van der Waals surface area contributed by atoms with E-state index in [0.717, 1.165) is 5.56 Å². The summed E-state index contributed by atoms with van der Waals surface area (Å²) in [5.41, 5.74) is 1.09. The molecule has 1 fully saturated rings. The molecule has 2 N–H and O–H groups in total. The van der Waals surface area contributed by atoms with E-state index in [0.29, 0.717) is 18.0 Å². The first kappa shape index (κ1) is 13.3. The summed E-state index contributed by atoms with van der Waals surface area (Å²) in [5, 5.41) is 13.6. The van der Waals surface area contributed by atoms with Gasteiger partial charge in [-0.15, -0.1) is 0 Å². The first-order valence-electron chi connectivity index (χ1n) is 5.89. The number of halogens is 1. The first-order chi connectivity index (χ1) is 8.56. The van der Waals surface area contributed by atoms with Crippen molar-refractivity contribution in [3.63, 3.8) is 0 Å². The summed E-state index contributed by atoms with van der Waals surface area (Å²) in [6.07, 6.45) is -0.448. The lowest BCUT2D eigenvalue weighted by atomic mass is 10.0. The normalized spacial score (nSPS) is 27.2. The molecule has 0 radical (unpaired) electrons. The van der Waals surface area contributed by atoms with Crippen LogP contribution in [0.3, 0.4) is 0 Å². The van der Waals surface area contributed by atoms with Crippen LogP contribution in [-0.4, -0.2) is 35.9 Å². The summed E-state index contributed by atoms with van der Waals surface area (Å²) >= 11 is 5.82. The van der Waals surface area contributed by atoms with Crippen molar-refractivity contribution in [1.82, 2.24) is 5.32 Å². The fourth-order valence-electron chi connectivity index (χ4n) is 2.19. The highest BCUT2D eigenvalue weighted by molar-refractivity contribution is 6.30. The number of rotatable bonds is 3. The summed E-state index contributed by atoms with van der Waals surface area (Å²) in [5.74, 6) is -0.371. The van der Waals surface area contributed by atoms with Crippen molar-refractivity contribution < 1.29 is 14.6 Å². The largest absolute Gasteiger partial charge is 0.458 e. The number of benzene rings is 1. The zero-order chi connectivity index (χ0) is 13.1. The van der Waals surface area contributed by atoms with E-state index in [9.17, 15) is 9.90 Å². The molecule has 1 aliphatic heterocycles. The predicted octanol–water partition coefficient (Wildman–Crippen LogP) is 1.15. The lowest BCUT2D eigenvalue weighted by Crippen LogP contribution is -2.38. The second-order valence-electron chi connectivity index (χ2n) is 4.49. The minimum Gasteiger partial charge on any atom is -0.458 e. The van der Waals surface area contributed by atoms with Gasteiger partial charge in [-0.25, -0.2) is 0 Å². The van der Waals surface area contributed by atoms with Gasteiger partial charge >= 0.3 is 5.97 Å². The van der Waals surface area contributed by atoms with Gasteiger partial charge in [0.15, 0.2) is 0 Å². The fourth-order valence-corrected chi connectivity index (χ4v) is 2.31. The number of aliphatic hydroxyl groups excluding tert-OH is 1. The van der Waals surface area contributed by atoms with Crippen LogP contribution in [0.5, 0.6) is 0 Å². The van der Waals surface area contributed by atoms with Crippen molar-refractivity contribution in [2.24, 2.45) is 0 Å². The van der Waals surface area contributed by atoms with Crippen LogP contribution in [-0.2, 0) is 16.0 Å². The number of carbonyl (C=O) groups is 1. The van der Waals surface area contributed by atoms with E-state index >= 15 is 0 Å². The van der Waals surface area contributed by atoms with E-state index in [-0.39, 0.29) is 12.0 Å². The number of ether oxygens (including phenoxy) is 1. The molecule has 1 heterocycles. The molecule has 3 atom stereocenters. The van der Waals surface area contributed by atoms with Crippen LogP contribution in [0.25, 0.3) is 0 Å². The maximum atomic E-state index is 11.0. The molecule has 0 amide bonds. The predicted molar refractivity (Wildman–Crippen MR) is 68.5 cm³/mol. The zero-order valence-electron chi connectivity index (χ0n) is 10.1. The van der Waals surface area contributed by atoms with Crippen LogP contribution in [0.15, 0.2) is 24.3 Å². The highest BCUT2D eigenvalue weighted by Crippen LogP contribution is 2.18. The lowest BCUT2D eigenvalue weighted by molar-refractivity contribution is -0.151. The van der Waals surface area contributed by atoms with Gasteiger partial charge < -0.3 is 15.2 Å². The molecule has 1 aromatic carbocycles. The summed E-state index contributed by atoms with van der Waals surface area (Å²) in [6.45, 7) is 1.79. The van der Waals surface area contributed by atoms with Crippen molar-refractivity contribution in [1.29, 1.82) is 0 Å². The van der Waals surface area contributed by atoms with Crippen LogP contribution in [0.2, 0.25) is 5.02 Å². The van der Waals surface area contributed by atoms with E-state index in [1.165, 1.54) is 6.92 Å². The van der Waals surface area contributed by atoms with Gasteiger partial charge in [0, 0.05) is 18.5 Å². The number of aliphatic hydroxyl groups is 1. The minimum absolute atomic E-state index is 0.0647. The van der Waals surface area contributed by atoms with Crippen molar-refractivity contribution in [2.45, 2.75) is 31.6 Å². The Morgan fingerprint density at radius 1 is 1.50 bits per heavy atom. The Morgan fingerprint density at radius 2 is 2.17 bits per heavy atom. The number of hydrogen-bond donors (Lipinski definition) is 2. The third-order valence-corrected chi connectivity index (χ3v) is 3.29. The molecular weight excluding hydrogens is 254 g/mol. The minimum atomic E-state index is -0.647. The molecule has 1 aromatic rings. The summed E-state index contributed by atoms with van der Waals surface area (Å²) in [7, 11) is 0. The Kier molecular flexibility index (Phi) is 4.22. The Balaban J connectivity index is 2.03. The molecule has 1 saturated heterocycles. The van der Waals surface area contributed by atoms with Gasteiger partial charge in [-0.2, -0.15) is 0 Å². The first-order valence-corrected chi connectivity index (χ1v) is 6.27. The van der Waals surface area contributed by atoms with Gasteiger partial charge in [-0.3, -0.25) is 4.79 Å². The molecule has 0 unspecified atom stereocenters. The molecule has 0 aliphatic carbocycles. The number of β-amino-alcohol motifs (C(OH)–C–C–N with tert-alkyl or cyclic N) is 1. The SMILES string of the molecule is CC(=O)O[C@@H]1[C@@H](O)CN[C@@H]1Cc1ccc(Cl)cc1. The highest BCUT2D eigenvalue weighted by Gasteiger charge is 2.37. The van der Waals surface area contributed by atoms with Gasteiger partial charge in [0.1, 0.15) is 12.2 Å². The second-order valence-corrected chi connectivity index (χ2v) is 4.92. The van der Waals surface area contributed by atoms with Crippen molar-refractivity contribution in [3.8, 4) is 0 Å². The Labute approximate surface area is 111 Å². The van der Waals surface area contributed by atoms with Crippen molar-refractivity contribution >= 4 is 17.6 Å². The number of nitrogens with one attached hydrogen (secondary N) is 1. The average molecular weight is 270 g/mol. The standard InChI is InChI=1S/C13H16ClNO3/c1-8(16)18-13-11(15-7-12(13)17)6-9-2-4-10(14)5-3-9/h2-5,11-13,15,17H,6-7H2,1H3/t11-,12+,13+/m1/s1. The third-order valence-electron chi connectivity index (χ3n) is 3.04. The molecule has 0 spiro atoms. The van der Waals surface area contributed by atoms with Crippen LogP contribution in [0.1, 0.15) is 12.5 Å². The third kappa shape index (κ3) is 3.22. The topological polar surface area (TPSA) is 58.6 Å². The monoisotopic (exact) mass is 269 g/mol.